The van der Waals surface area contributed by atoms with Crippen LogP contribution in [0.15, 0.2) is 0 Å². The average Bonchev–Trinajstić information content (AvgIpc) is 2.02. The Labute approximate surface area is 80.2 Å². The minimum Gasteiger partial charge on any atom is -0.370 e. The molecule has 0 rings (SSSR count). The van der Waals surface area contributed by atoms with Gasteiger partial charge in [-0.05, 0) is 0 Å². The van der Waals surface area contributed by atoms with Crippen molar-refractivity contribution in [1.29, 1.82) is 0 Å². The van der Waals surface area contributed by atoms with E-state index in [-0.39, 0.29) is 12.5 Å². The third-order valence-electron chi connectivity index (χ3n) is 1.52. The first-order valence-corrected chi connectivity index (χ1v) is 4.55. The molecule has 0 aliphatic rings. The van der Waals surface area contributed by atoms with Crippen molar-refractivity contribution in [3.05, 3.63) is 0 Å². The monoisotopic (exact) mass is 188 g/mol. The molecule has 0 saturated heterocycles. The van der Waals surface area contributed by atoms with E-state index in [2.05, 4.69) is 19.2 Å². The van der Waals surface area contributed by atoms with Crippen molar-refractivity contribution < 1.29 is 9.53 Å². The molecule has 0 saturated carbocycles. The molecule has 0 aromatic rings. The maximum Gasteiger partial charge on any atom is 0.248 e. The van der Waals surface area contributed by atoms with Crippen LogP contribution in [-0.4, -0.2) is 50.7 Å². The Bertz CT molecular complexity index is 147. The quantitative estimate of drug-likeness (QED) is 0.601. The lowest BCUT2D eigenvalue weighted by Gasteiger charge is -2.11. The Balaban J connectivity index is 3.21. The molecule has 0 bridgehead atoms. The molecule has 0 aromatic heterocycles. The molecule has 0 aliphatic carbocycles. The van der Waals surface area contributed by atoms with Crippen molar-refractivity contribution in [3.63, 3.8) is 0 Å². The van der Waals surface area contributed by atoms with E-state index in [0.717, 1.165) is 6.54 Å². The Morgan fingerprint density at radius 1 is 1.46 bits per heavy atom. The molecule has 1 amide bonds. The van der Waals surface area contributed by atoms with Gasteiger partial charge >= 0.3 is 0 Å². The molecule has 4 heteroatoms. The predicted molar refractivity (Wildman–Crippen MR) is 52.7 cm³/mol. The number of ether oxygens (including phenoxy) is 1. The van der Waals surface area contributed by atoms with Crippen molar-refractivity contribution >= 4 is 5.91 Å². The Morgan fingerprint density at radius 3 is 2.54 bits per heavy atom. The zero-order valence-corrected chi connectivity index (χ0v) is 8.96. The highest BCUT2D eigenvalue weighted by molar-refractivity contribution is 5.76. The minimum atomic E-state index is 0.00421. The molecular formula is C9H20N2O2. The van der Waals surface area contributed by atoms with Crippen molar-refractivity contribution in [2.24, 2.45) is 0 Å². The maximum atomic E-state index is 11.0. The second-order valence-corrected chi connectivity index (χ2v) is 3.45. The Hall–Kier alpha value is -0.610. The number of nitrogens with zero attached hydrogens (tertiary/aromatic N) is 1. The first-order valence-electron chi connectivity index (χ1n) is 4.55. The smallest absolute Gasteiger partial charge is 0.248 e. The summed E-state index contributed by atoms with van der Waals surface area (Å²) in [7, 11) is 3.44. The average molecular weight is 188 g/mol. The molecule has 1 N–H and O–H groups in total. The van der Waals surface area contributed by atoms with E-state index < -0.39 is 0 Å². The van der Waals surface area contributed by atoms with Gasteiger partial charge in [-0.3, -0.25) is 4.79 Å². The molecule has 0 unspecified atom stereocenters. The summed E-state index contributed by atoms with van der Waals surface area (Å²) in [5, 5.41) is 3.20. The van der Waals surface area contributed by atoms with Crippen LogP contribution in [-0.2, 0) is 9.53 Å². The van der Waals surface area contributed by atoms with Crippen LogP contribution in [0.4, 0.5) is 0 Å². The molecule has 0 radical (unpaired) electrons. The number of carbonyl (C=O) groups excluding carboxylic acids is 1. The summed E-state index contributed by atoms with van der Waals surface area (Å²) in [5.74, 6) is 0.00421. The molecule has 4 nitrogen and oxygen atoms in total. The highest BCUT2D eigenvalue weighted by Gasteiger charge is 2.02. The molecule has 13 heavy (non-hydrogen) atoms. The Kier molecular flexibility index (Phi) is 6.54. The Morgan fingerprint density at radius 2 is 2.08 bits per heavy atom. The molecular weight excluding hydrogens is 168 g/mol. The predicted octanol–water partition coefficient (Wildman–Crippen LogP) is 0.0892. The van der Waals surface area contributed by atoms with E-state index in [1.54, 1.807) is 14.1 Å². The molecule has 0 atom stereocenters. The summed E-state index contributed by atoms with van der Waals surface area (Å²) >= 11 is 0. The van der Waals surface area contributed by atoms with E-state index in [0.29, 0.717) is 12.6 Å². The van der Waals surface area contributed by atoms with Gasteiger partial charge in [0.1, 0.15) is 6.61 Å². The third kappa shape index (κ3) is 7.74. The first-order chi connectivity index (χ1) is 6.04. The molecule has 0 fully saturated rings. The van der Waals surface area contributed by atoms with Gasteiger partial charge in [-0.25, -0.2) is 0 Å². The van der Waals surface area contributed by atoms with Gasteiger partial charge in [-0.2, -0.15) is 0 Å². The number of rotatable bonds is 6. The van der Waals surface area contributed by atoms with Crippen LogP contribution in [0.1, 0.15) is 13.8 Å². The van der Waals surface area contributed by atoms with Gasteiger partial charge in [0.05, 0.1) is 6.61 Å². The van der Waals surface area contributed by atoms with Crippen LogP contribution < -0.4 is 5.32 Å². The number of hydrogen-bond acceptors (Lipinski definition) is 3. The lowest BCUT2D eigenvalue weighted by molar-refractivity contribution is -0.133. The van der Waals surface area contributed by atoms with E-state index >= 15 is 0 Å². The number of hydrogen-bond donors (Lipinski definition) is 1. The van der Waals surface area contributed by atoms with E-state index in [9.17, 15) is 4.79 Å². The number of nitrogens with one attached hydrogen (secondary N) is 1. The van der Waals surface area contributed by atoms with Crippen LogP contribution in [0.5, 0.6) is 0 Å². The van der Waals surface area contributed by atoms with Gasteiger partial charge in [0.15, 0.2) is 0 Å². The normalized spacial score (nSPS) is 10.5. The van der Waals surface area contributed by atoms with Crippen molar-refractivity contribution in [2.45, 2.75) is 19.9 Å². The van der Waals surface area contributed by atoms with Crippen LogP contribution in [0.3, 0.4) is 0 Å². The van der Waals surface area contributed by atoms with Crippen LogP contribution in [0, 0.1) is 0 Å². The highest BCUT2D eigenvalue weighted by atomic mass is 16.5. The van der Waals surface area contributed by atoms with Gasteiger partial charge in [0.2, 0.25) is 5.91 Å². The van der Waals surface area contributed by atoms with Gasteiger partial charge in [0.25, 0.3) is 0 Å². The summed E-state index contributed by atoms with van der Waals surface area (Å²) in [6.07, 6.45) is 0. The number of amides is 1. The van der Waals surface area contributed by atoms with Gasteiger partial charge in [-0.15, -0.1) is 0 Å². The summed E-state index contributed by atoms with van der Waals surface area (Å²) in [4.78, 5) is 12.5. The second kappa shape index (κ2) is 6.86. The molecule has 0 spiro atoms. The molecule has 78 valence electrons. The van der Waals surface area contributed by atoms with E-state index in [1.807, 2.05) is 0 Å². The fraction of sp³-hybridized carbons (Fsp3) is 0.889. The third-order valence-corrected chi connectivity index (χ3v) is 1.52. The summed E-state index contributed by atoms with van der Waals surface area (Å²) < 4.78 is 5.15. The largest absolute Gasteiger partial charge is 0.370 e. The maximum absolute atomic E-state index is 11.0. The lowest BCUT2D eigenvalue weighted by Crippen LogP contribution is -2.30. The van der Waals surface area contributed by atoms with Gasteiger partial charge in [0, 0.05) is 26.7 Å². The summed E-state index contributed by atoms with van der Waals surface area (Å²) in [5.41, 5.74) is 0. The topological polar surface area (TPSA) is 41.6 Å². The SMILES string of the molecule is CC(C)NCCOCC(=O)N(C)C. The van der Waals surface area contributed by atoms with Crippen LogP contribution >= 0.6 is 0 Å². The highest BCUT2D eigenvalue weighted by Crippen LogP contribution is 1.82. The number of carbonyl (C=O) groups is 1. The van der Waals surface area contributed by atoms with E-state index in [4.69, 9.17) is 4.74 Å². The number of likely N-dealkylation sites (N-methyl/N-ethyl adjacent to an activating group) is 1. The molecule has 0 aliphatic heterocycles. The minimum absolute atomic E-state index is 0.00421. The lowest BCUT2D eigenvalue weighted by atomic mass is 10.4. The van der Waals surface area contributed by atoms with E-state index in [1.165, 1.54) is 4.90 Å². The van der Waals surface area contributed by atoms with Gasteiger partial charge < -0.3 is 15.0 Å². The van der Waals surface area contributed by atoms with Crippen molar-refractivity contribution in [2.75, 3.05) is 33.9 Å². The fourth-order valence-electron chi connectivity index (χ4n) is 0.708. The zero-order chi connectivity index (χ0) is 10.3. The zero-order valence-electron chi connectivity index (χ0n) is 8.96. The summed E-state index contributed by atoms with van der Waals surface area (Å²) in [6, 6.07) is 0.466. The van der Waals surface area contributed by atoms with Crippen LogP contribution in [0.2, 0.25) is 0 Å². The first kappa shape index (κ1) is 12.4. The fourth-order valence-corrected chi connectivity index (χ4v) is 0.708. The van der Waals surface area contributed by atoms with Gasteiger partial charge in [-0.1, -0.05) is 13.8 Å². The standard InChI is InChI=1S/C9H20N2O2/c1-8(2)10-5-6-13-7-9(12)11(3)4/h8,10H,5-7H2,1-4H3. The molecule has 0 aromatic carbocycles. The van der Waals surface area contributed by atoms with Crippen LogP contribution in [0.25, 0.3) is 0 Å². The van der Waals surface area contributed by atoms with Crippen molar-refractivity contribution in [1.82, 2.24) is 10.2 Å². The molecule has 0 heterocycles. The second-order valence-electron chi connectivity index (χ2n) is 3.45. The van der Waals surface area contributed by atoms with Crippen molar-refractivity contribution in [3.8, 4) is 0 Å². The summed E-state index contributed by atoms with van der Waals surface area (Å²) in [6.45, 7) is 5.69.